The minimum absolute atomic E-state index is 0.0319. The van der Waals surface area contributed by atoms with Crippen molar-refractivity contribution in [1.82, 2.24) is 0 Å². The van der Waals surface area contributed by atoms with E-state index in [2.05, 4.69) is 5.32 Å². The number of aryl methyl sites for hydroxylation is 1. The number of hydrogen-bond donors (Lipinski definition) is 2. The average Bonchev–Trinajstić information content (AvgIpc) is 2.36. The van der Waals surface area contributed by atoms with Gasteiger partial charge in [-0.15, -0.1) is 0 Å². The largest absolute Gasteiger partial charge is 0.481 e. The van der Waals surface area contributed by atoms with E-state index in [1.54, 1.807) is 6.92 Å². The van der Waals surface area contributed by atoms with Crippen LogP contribution in [0.15, 0.2) is 18.2 Å². The molecule has 0 heterocycles. The second kappa shape index (κ2) is 7.10. The SMILES string of the molecule is Cc1ccc(C(F)(F)F)cc1NC(=O)CCCCC(=O)O. The van der Waals surface area contributed by atoms with Crippen molar-refractivity contribution < 1.29 is 27.9 Å². The van der Waals surface area contributed by atoms with E-state index in [-0.39, 0.29) is 18.5 Å². The fourth-order valence-corrected chi connectivity index (χ4v) is 1.71. The van der Waals surface area contributed by atoms with Crippen molar-refractivity contribution >= 4 is 17.6 Å². The Morgan fingerprint density at radius 3 is 2.38 bits per heavy atom. The standard InChI is InChI=1S/C14H16F3NO3/c1-9-6-7-10(14(15,16)17)8-11(9)18-12(19)4-2-3-5-13(20)21/h6-8H,2-5H2,1H3,(H,18,19)(H,20,21). The normalized spacial score (nSPS) is 11.2. The van der Waals surface area contributed by atoms with E-state index in [1.165, 1.54) is 6.07 Å². The second-order valence-electron chi connectivity index (χ2n) is 4.68. The summed E-state index contributed by atoms with van der Waals surface area (Å²) in [5.74, 6) is -1.37. The molecule has 0 fully saturated rings. The number of carbonyl (C=O) groups is 2. The molecule has 0 atom stereocenters. The predicted molar refractivity (Wildman–Crippen MR) is 70.9 cm³/mol. The number of carbonyl (C=O) groups excluding carboxylic acids is 1. The van der Waals surface area contributed by atoms with Crippen molar-refractivity contribution in [2.75, 3.05) is 5.32 Å². The molecule has 0 aromatic heterocycles. The first-order valence-electron chi connectivity index (χ1n) is 6.39. The second-order valence-corrected chi connectivity index (χ2v) is 4.68. The number of anilines is 1. The van der Waals surface area contributed by atoms with Crippen LogP contribution in [0.5, 0.6) is 0 Å². The number of rotatable bonds is 6. The highest BCUT2D eigenvalue weighted by molar-refractivity contribution is 5.91. The summed E-state index contributed by atoms with van der Waals surface area (Å²) in [6.07, 6.45) is -3.70. The summed E-state index contributed by atoms with van der Waals surface area (Å²) in [6.45, 7) is 1.60. The fraction of sp³-hybridized carbons (Fsp3) is 0.429. The molecule has 0 spiro atoms. The number of nitrogens with one attached hydrogen (secondary N) is 1. The lowest BCUT2D eigenvalue weighted by atomic mass is 10.1. The maximum absolute atomic E-state index is 12.6. The van der Waals surface area contributed by atoms with Gasteiger partial charge in [0.1, 0.15) is 0 Å². The summed E-state index contributed by atoms with van der Waals surface area (Å²) >= 11 is 0. The van der Waals surface area contributed by atoms with Gasteiger partial charge in [0.25, 0.3) is 0 Å². The topological polar surface area (TPSA) is 66.4 Å². The summed E-state index contributed by atoms with van der Waals surface area (Å²) in [7, 11) is 0. The molecule has 7 heteroatoms. The smallest absolute Gasteiger partial charge is 0.416 e. The third-order valence-electron chi connectivity index (χ3n) is 2.88. The highest BCUT2D eigenvalue weighted by atomic mass is 19.4. The molecule has 4 nitrogen and oxygen atoms in total. The molecule has 2 N–H and O–H groups in total. The van der Waals surface area contributed by atoms with Crippen LogP contribution in [0.2, 0.25) is 0 Å². The molecule has 0 aliphatic heterocycles. The summed E-state index contributed by atoms with van der Waals surface area (Å²) in [5.41, 5.74) is -0.177. The van der Waals surface area contributed by atoms with E-state index >= 15 is 0 Å². The monoisotopic (exact) mass is 303 g/mol. The first-order valence-corrected chi connectivity index (χ1v) is 6.39. The summed E-state index contributed by atoms with van der Waals surface area (Å²) in [6, 6.07) is 3.14. The zero-order valence-corrected chi connectivity index (χ0v) is 11.5. The van der Waals surface area contributed by atoms with Crippen LogP contribution >= 0.6 is 0 Å². The van der Waals surface area contributed by atoms with Gasteiger partial charge in [0.05, 0.1) is 5.56 Å². The van der Waals surface area contributed by atoms with Crippen molar-refractivity contribution in [1.29, 1.82) is 0 Å². The predicted octanol–water partition coefficient (Wildman–Crippen LogP) is 3.60. The molecule has 0 aliphatic carbocycles. The van der Waals surface area contributed by atoms with Gasteiger partial charge in [0.15, 0.2) is 0 Å². The van der Waals surface area contributed by atoms with E-state index in [0.29, 0.717) is 18.4 Å². The summed E-state index contributed by atoms with van der Waals surface area (Å²) in [4.78, 5) is 21.9. The van der Waals surface area contributed by atoms with Crippen molar-refractivity contribution in [3.63, 3.8) is 0 Å². The van der Waals surface area contributed by atoms with Crippen LogP contribution < -0.4 is 5.32 Å². The highest BCUT2D eigenvalue weighted by Gasteiger charge is 2.30. The van der Waals surface area contributed by atoms with Crippen molar-refractivity contribution in [3.8, 4) is 0 Å². The minimum atomic E-state index is -4.46. The third kappa shape index (κ3) is 5.85. The van der Waals surface area contributed by atoms with Gasteiger partial charge in [-0.25, -0.2) is 0 Å². The number of hydrogen-bond acceptors (Lipinski definition) is 2. The Labute approximate surface area is 120 Å². The molecule has 1 aromatic carbocycles. The van der Waals surface area contributed by atoms with Crippen LogP contribution in [0.1, 0.15) is 36.8 Å². The van der Waals surface area contributed by atoms with E-state index in [1.807, 2.05) is 0 Å². The molecule has 0 bridgehead atoms. The van der Waals surface area contributed by atoms with Crippen LogP contribution in [0, 0.1) is 6.92 Å². The van der Waals surface area contributed by atoms with Gasteiger partial charge in [-0.2, -0.15) is 13.2 Å². The molecule has 0 unspecified atom stereocenters. The number of amides is 1. The molecule has 21 heavy (non-hydrogen) atoms. The quantitative estimate of drug-likeness (QED) is 0.789. The molecule has 1 amide bonds. The molecule has 0 saturated heterocycles. The molecule has 0 saturated carbocycles. The molecule has 0 aliphatic rings. The number of alkyl halides is 3. The zero-order valence-electron chi connectivity index (χ0n) is 11.5. The van der Waals surface area contributed by atoms with Crippen LogP contribution in [0.4, 0.5) is 18.9 Å². The van der Waals surface area contributed by atoms with Crippen LogP contribution in [0.25, 0.3) is 0 Å². The van der Waals surface area contributed by atoms with E-state index in [9.17, 15) is 22.8 Å². The number of carboxylic acid groups (broad SMARTS) is 1. The van der Waals surface area contributed by atoms with Crippen molar-refractivity contribution in [2.24, 2.45) is 0 Å². The number of aliphatic carboxylic acids is 1. The summed E-state index contributed by atoms with van der Waals surface area (Å²) < 4.78 is 37.8. The third-order valence-corrected chi connectivity index (χ3v) is 2.88. The van der Waals surface area contributed by atoms with Crippen LogP contribution in [-0.2, 0) is 15.8 Å². The van der Waals surface area contributed by atoms with Gasteiger partial charge in [-0.3, -0.25) is 9.59 Å². The van der Waals surface area contributed by atoms with Gasteiger partial charge in [0.2, 0.25) is 5.91 Å². The Kier molecular flexibility index (Phi) is 5.75. The van der Waals surface area contributed by atoms with Gasteiger partial charge < -0.3 is 10.4 Å². The van der Waals surface area contributed by atoms with Crippen LogP contribution in [0.3, 0.4) is 0 Å². The van der Waals surface area contributed by atoms with E-state index < -0.39 is 23.6 Å². The molecule has 1 aromatic rings. The molecular weight excluding hydrogens is 287 g/mol. The fourth-order valence-electron chi connectivity index (χ4n) is 1.71. The van der Waals surface area contributed by atoms with Gasteiger partial charge in [-0.1, -0.05) is 6.07 Å². The Balaban J connectivity index is 2.61. The maximum atomic E-state index is 12.6. The Bertz CT molecular complexity index is 527. The number of unbranched alkanes of at least 4 members (excludes halogenated alkanes) is 1. The number of halogens is 3. The van der Waals surface area contributed by atoms with Gasteiger partial charge >= 0.3 is 12.1 Å². The Morgan fingerprint density at radius 1 is 1.19 bits per heavy atom. The molecule has 1 rings (SSSR count). The molecular formula is C14H16F3NO3. The van der Waals surface area contributed by atoms with Gasteiger partial charge in [0, 0.05) is 18.5 Å². The molecule has 116 valence electrons. The van der Waals surface area contributed by atoms with Gasteiger partial charge in [-0.05, 0) is 37.5 Å². The lowest BCUT2D eigenvalue weighted by molar-refractivity contribution is -0.138. The molecule has 0 radical (unpaired) electrons. The lowest BCUT2D eigenvalue weighted by Gasteiger charge is -2.12. The maximum Gasteiger partial charge on any atom is 0.416 e. The average molecular weight is 303 g/mol. The number of carboxylic acids is 1. The lowest BCUT2D eigenvalue weighted by Crippen LogP contribution is -2.14. The van der Waals surface area contributed by atoms with Crippen molar-refractivity contribution in [3.05, 3.63) is 29.3 Å². The van der Waals surface area contributed by atoms with Crippen molar-refractivity contribution in [2.45, 2.75) is 38.8 Å². The zero-order chi connectivity index (χ0) is 16.0. The first-order chi connectivity index (χ1) is 9.70. The summed E-state index contributed by atoms with van der Waals surface area (Å²) in [5, 5.41) is 10.9. The Morgan fingerprint density at radius 2 is 1.81 bits per heavy atom. The first kappa shape index (κ1) is 17.0. The highest BCUT2D eigenvalue weighted by Crippen LogP contribution is 2.32. The van der Waals surface area contributed by atoms with Crippen LogP contribution in [-0.4, -0.2) is 17.0 Å². The minimum Gasteiger partial charge on any atom is -0.481 e. The van der Waals surface area contributed by atoms with E-state index in [0.717, 1.165) is 12.1 Å². The Hall–Kier alpha value is -2.05. The van der Waals surface area contributed by atoms with E-state index in [4.69, 9.17) is 5.11 Å². The number of benzene rings is 1.